The Morgan fingerprint density at radius 3 is 3.12 bits per heavy atom. The first kappa shape index (κ1) is 12.3. The van der Waals surface area contributed by atoms with Gasteiger partial charge in [0.1, 0.15) is 0 Å². The summed E-state index contributed by atoms with van der Waals surface area (Å²) in [5.74, 6) is 0.690. The second-order valence-electron chi connectivity index (χ2n) is 4.66. The molecule has 1 aliphatic heterocycles. The molecule has 2 heterocycles. The smallest absolute Gasteiger partial charge is 0.213 e. The van der Waals surface area contributed by atoms with Crippen LogP contribution in [-0.2, 0) is 6.54 Å². The number of rotatable bonds is 5. The van der Waals surface area contributed by atoms with E-state index in [1.165, 1.54) is 12.8 Å². The summed E-state index contributed by atoms with van der Waals surface area (Å²) in [7, 11) is 3.79. The molecule has 4 heteroatoms. The summed E-state index contributed by atoms with van der Waals surface area (Å²) < 4.78 is 5.13. The minimum absolute atomic E-state index is 0.644. The second-order valence-corrected chi connectivity index (χ2v) is 4.66. The first-order chi connectivity index (χ1) is 8.28. The van der Waals surface area contributed by atoms with Crippen molar-refractivity contribution in [3.8, 4) is 5.88 Å². The highest BCUT2D eigenvalue weighted by Gasteiger charge is 2.16. The van der Waals surface area contributed by atoms with Gasteiger partial charge in [0.25, 0.3) is 0 Å². The number of hydrogen-bond acceptors (Lipinski definition) is 4. The van der Waals surface area contributed by atoms with Crippen molar-refractivity contribution in [2.24, 2.45) is 0 Å². The maximum Gasteiger partial charge on any atom is 0.213 e. The summed E-state index contributed by atoms with van der Waals surface area (Å²) in [5, 5.41) is 3.51. The Balaban J connectivity index is 1.85. The molecule has 0 amide bonds. The van der Waals surface area contributed by atoms with Gasteiger partial charge in [0.15, 0.2) is 0 Å². The van der Waals surface area contributed by atoms with Gasteiger partial charge in [-0.25, -0.2) is 4.98 Å². The number of nitrogens with one attached hydrogen (secondary N) is 1. The van der Waals surface area contributed by atoms with Crippen molar-refractivity contribution in [3.63, 3.8) is 0 Å². The lowest BCUT2D eigenvalue weighted by molar-refractivity contribution is 0.288. The van der Waals surface area contributed by atoms with E-state index in [2.05, 4.69) is 22.2 Å². The third kappa shape index (κ3) is 3.68. The van der Waals surface area contributed by atoms with Crippen LogP contribution >= 0.6 is 0 Å². The predicted molar refractivity (Wildman–Crippen MR) is 68.1 cm³/mol. The molecule has 4 nitrogen and oxygen atoms in total. The van der Waals surface area contributed by atoms with Gasteiger partial charge in [-0.1, -0.05) is 6.07 Å². The molecule has 2 rings (SSSR count). The van der Waals surface area contributed by atoms with Gasteiger partial charge in [-0.2, -0.15) is 0 Å². The lowest BCUT2D eigenvalue weighted by atomic mass is 10.2. The van der Waals surface area contributed by atoms with E-state index < -0.39 is 0 Å². The van der Waals surface area contributed by atoms with Crippen molar-refractivity contribution in [1.82, 2.24) is 15.2 Å². The summed E-state index contributed by atoms with van der Waals surface area (Å²) >= 11 is 0. The molecular weight excluding hydrogens is 214 g/mol. The van der Waals surface area contributed by atoms with E-state index in [4.69, 9.17) is 4.74 Å². The quantitative estimate of drug-likeness (QED) is 0.834. The Labute approximate surface area is 103 Å². The van der Waals surface area contributed by atoms with E-state index in [1.54, 1.807) is 7.11 Å². The monoisotopic (exact) mass is 235 g/mol. The van der Waals surface area contributed by atoms with Crippen LogP contribution in [0.4, 0.5) is 0 Å². The largest absolute Gasteiger partial charge is 0.481 e. The fraction of sp³-hybridized carbons (Fsp3) is 0.615. The zero-order valence-electron chi connectivity index (χ0n) is 10.6. The zero-order chi connectivity index (χ0) is 12.1. The molecule has 1 unspecified atom stereocenters. The number of nitrogens with zero attached hydrogens (tertiary/aromatic N) is 2. The lowest BCUT2D eigenvalue weighted by Gasteiger charge is -2.20. The number of hydrogen-bond donors (Lipinski definition) is 1. The van der Waals surface area contributed by atoms with Crippen molar-refractivity contribution in [1.29, 1.82) is 0 Å². The molecule has 0 aliphatic carbocycles. The number of likely N-dealkylation sites (N-methyl/N-ethyl adjacent to an activating group) is 1. The molecule has 0 saturated carbocycles. The average Bonchev–Trinajstić information content (AvgIpc) is 2.82. The predicted octanol–water partition coefficient (Wildman–Crippen LogP) is 1.27. The molecule has 1 aromatic rings. The molecular formula is C13H21N3O. The van der Waals surface area contributed by atoms with Crippen LogP contribution in [-0.4, -0.2) is 43.2 Å². The maximum absolute atomic E-state index is 5.13. The minimum Gasteiger partial charge on any atom is -0.481 e. The molecule has 94 valence electrons. The molecule has 1 atom stereocenters. The molecule has 17 heavy (non-hydrogen) atoms. The average molecular weight is 235 g/mol. The molecule has 1 aliphatic rings. The highest BCUT2D eigenvalue weighted by molar-refractivity contribution is 5.15. The lowest BCUT2D eigenvalue weighted by Crippen LogP contribution is -2.35. The summed E-state index contributed by atoms with van der Waals surface area (Å²) in [6.45, 7) is 3.12. The maximum atomic E-state index is 5.13. The number of methoxy groups -OCH3 is 1. The van der Waals surface area contributed by atoms with Gasteiger partial charge in [-0.05, 0) is 32.5 Å². The van der Waals surface area contributed by atoms with Crippen LogP contribution in [0.15, 0.2) is 18.2 Å². The van der Waals surface area contributed by atoms with Crippen LogP contribution in [0, 0.1) is 0 Å². The van der Waals surface area contributed by atoms with E-state index in [1.807, 2.05) is 18.2 Å². The molecule has 0 radical (unpaired) electrons. The van der Waals surface area contributed by atoms with Crippen molar-refractivity contribution in [2.75, 3.05) is 27.2 Å². The van der Waals surface area contributed by atoms with Crippen LogP contribution in [0.1, 0.15) is 18.5 Å². The first-order valence-corrected chi connectivity index (χ1v) is 6.20. The van der Waals surface area contributed by atoms with E-state index in [0.29, 0.717) is 11.9 Å². The fourth-order valence-electron chi connectivity index (χ4n) is 2.29. The van der Waals surface area contributed by atoms with E-state index in [-0.39, 0.29) is 0 Å². The molecule has 0 bridgehead atoms. The highest BCUT2D eigenvalue weighted by atomic mass is 16.5. The van der Waals surface area contributed by atoms with Crippen LogP contribution in [0.25, 0.3) is 0 Å². The highest BCUT2D eigenvalue weighted by Crippen LogP contribution is 2.10. The summed E-state index contributed by atoms with van der Waals surface area (Å²) in [6.07, 6.45) is 2.59. The van der Waals surface area contributed by atoms with Crippen molar-refractivity contribution < 1.29 is 4.74 Å². The molecule has 1 N–H and O–H groups in total. The Morgan fingerprint density at radius 2 is 2.41 bits per heavy atom. The minimum atomic E-state index is 0.644. The first-order valence-electron chi connectivity index (χ1n) is 6.20. The third-order valence-electron chi connectivity index (χ3n) is 3.12. The second kappa shape index (κ2) is 5.98. The Bertz CT molecular complexity index is 350. The molecule has 1 saturated heterocycles. The van der Waals surface area contributed by atoms with Gasteiger partial charge in [-0.3, -0.25) is 4.90 Å². The number of aromatic nitrogens is 1. The summed E-state index contributed by atoms with van der Waals surface area (Å²) in [5.41, 5.74) is 1.06. The zero-order valence-corrected chi connectivity index (χ0v) is 10.6. The number of ether oxygens (including phenoxy) is 1. The summed E-state index contributed by atoms with van der Waals surface area (Å²) in [6, 6.07) is 6.55. The SMILES string of the molecule is COc1cccc(CN(C)CC2CCCN2)n1. The number of pyridine rings is 1. The van der Waals surface area contributed by atoms with Crippen LogP contribution in [0.5, 0.6) is 5.88 Å². The van der Waals surface area contributed by atoms with E-state index >= 15 is 0 Å². The van der Waals surface area contributed by atoms with Crippen molar-refractivity contribution >= 4 is 0 Å². The molecule has 1 aromatic heterocycles. The Hall–Kier alpha value is -1.13. The van der Waals surface area contributed by atoms with Gasteiger partial charge < -0.3 is 10.1 Å². The van der Waals surface area contributed by atoms with Crippen LogP contribution < -0.4 is 10.1 Å². The van der Waals surface area contributed by atoms with Gasteiger partial charge in [-0.15, -0.1) is 0 Å². The standard InChI is InChI=1S/C13H21N3O/c1-16(9-11-6-4-8-14-11)10-12-5-3-7-13(15-12)17-2/h3,5,7,11,14H,4,6,8-10H2,1-2H3. The van der Waals surface area contributed by atoms with Gasteiger partial charge in [0.05, 0.1) is 12.8 Å². The van der Waals surface area contributed by atoms with E-state index in [0.717, 1.165) is 25.3 Å². The third-order valence-corrected chi connectivity index (χ3v) is 3.12. The Kier molecular flexibility index (Phi) is 4.34. The van der Waals surface area contributed by atoms with E-state index in [9.17, 15) is 0 Å². The molecule has 0 aromatic carbocycles. The van der Waals surface area contributed by atoms with Gasteiger partial charge in [0.2, 0.25) is 5.88 Å². The van der Waals surface area contributed by atoms with Crippen molar-refractivity contribution in [2.45, 2.75) is 25.4 Å². The topological polar surface area (TPSA) is 37.4 Å². The molecule has 1 fully saturated rings. The molecule has 0 spiro atoms. The normalized spacial score (nSPS) is 19.8. The summed E-state index contributed by atoms with van der Waals surface area (Å²) in [4.78, 5) is 6.73. The van der Waals surface area contributed by atoms with Gasteiger partial charge in [0, 0.05) is 25.2 Å². The fourth-order valence-corrected chi connectivity index (χ4v) is 2.29. The Morgan fingerprint density at radius 1 is 1.53 bits per heavy atom. The van der Waals surface area contributed by atoms with Crippen molar-refractivity contribution in [3.05, 3.63) is 23.9 Å². The van der Waals surface area contributed by atoms with Crippen LogP contribution in [0.3, 0.4) is 0 Å². The van der Waals surface area contributed by atoms with Gasteiger partial charge >= 0.3 is 0 Å². The van der Waals surface area contributed by atoms with Crippen LogP contribution in [0.2, 0.25) is 0 Å².